The average Bonchev–Trinajstić information content (AvgIpc) is 2.38. The van der Waals surface area contributed by atoms with E-state index < -0.39 is 17.5 Å². The lowest BCUT2D eigenvalue weighted by Crippen LogP contribution is -2.13. The van der Waals surface area contributed by atoms with E-state index in [-0.39, 0.29) is 22.0 Å². The summed E-state index contributed by atoms with van der Waals surface area (Å²) in [5, 5.41) is 2.24. The monoisotopic (exact) mass is 282 g/mol. The number of benzene rings is 2. The first kappa shape index (κ1) is 13.3. The van der Waals surface area contributed by atoms with Crippen molar-refractivity contribution in [1.29, 1.82) is 0 Å². The second-order valence-corrected chi connectivity index (χ2v) is 4.20. The summed E-state index contributed by atoms with van der Waals surface area (Å²) < 4.78 is 26.6. The van der Waals surface area contributed by atoms with E-state index in [9.17, 15) is 13.6 Å². The first-order valence-corrected chi connectivity index (χ1v) is 5.67. The molecule has 0 heterocycles. The predicted octanol–water partition coefficient (Wildman–Crippen LogP) is 3.45. The summed E-state index contributed by atoms with van der Waals surface area (Å²) in [7, 11) is 0. The first-order chi connectivity index (χ1) is 8.99. The zero-order chi connectivity index (χ0) is 14.0. The minimum absolute atomic E-state index is 0.0552. The summed E-state index contributed by atoms with van der Waals surface area (Å²) in [6.45, 7) is 0. The SMILES string of the molecule is Nc1cc(C(=O)Nc2cccc(Cl)c2F)ccc1F. The van der Waals surface area contributed by atoms with Gasteiger partial charge in [0.15, 0.2) is 5.82 Å². The number of nitrogens with two attached hydrogens (primary N) is 1. The van der Waals surface area contributed by atoms with E-state index in [0.717, 1.165) is 6.07 Å². The van der Waals surface area contributed by atoms with E-state index >= 15 is 0 Å². The quantitative estimate of drug-likeness (QED) is 0.829. The fourth-order valence-corrected chi connectivity index (χ4v) is 1.65. The Labute approximate surface area is 113 Å². The standard InChI is InChI=1S/C13H9ClF2N2O/c14-8-2-1-3-11(12(8)16)18-13(19)7-4-5-9(15)10(17)6-7/h1-6H,17H2,(H,18,19). The van der Waals surface area contributed by atoms with Crippen LogP contribution >= 0.6 is 11.6 Å². The molecule has 3 nitrogen and oxygen atoms in total. The molecule has 2 aromatic rings. The van der Waals surface area contributed by atoms with Crippen LogP contribution in [0, 0.1) is 11.6 Å². The fraction of sp³-hybridized carbons (Fsp3) is 0. The van der Waals surface area contributed by atoms with Crippen LogP contribution in [0.3, 0.4) is 0 Å². The van der Waals surface area contributed by atoms with Crippen LogP contribution in [0.5, 0.6) is 0 Å². The molecule has 0 fully saturated rings. The number of carbonyl (C=O) groups is 1. The molecule has 19 heavy (non-hydrogen) atoms. The second kappa shape index (κ2) is 5.24. The van der Waals surface area contributed by atoms with Gasteiger partial charge in [0, 0.05) is 5.56 Å². The molecule has 98 valence electrons. The summed E-state index contributed by atoms with van der Waals surface area (Å²) in [5.74, 6) is -1.95. The molecule has 2 rings (SSSR count). The van der Waals surface area contributed by atoms with Gasteiger partial charge in [-0.1, -0.05) is 17.7 Å². The second-order valence-electron chi connectivity index (χ2n) is 3.79. The number of rotatable bonds is 2. The lowest BCUT2D eigenvalue weighted by atomic mass is 10.1. The third kappa shape index (κ3) is 2.82. The molecule has 1 amide bonds. The lowest BCUT2D eigenvalue weighted by molar-refractivity contribution is 0.102. The number of halogens is 3. The molecule has 0 aliphatic heterocycles. The molecule has 0 saturated heterocycles. The summed E-state index contributed by atoms with van der Waals surface area (Å²) >= 11 is 5.59. The third-order valence-corrected chi connectivity index (χ3v) is 2.75. The number of nitrogen functional groups attached to an aromatic ring is 1. The lowest BCUT2D eigenvalue weighted by Gasteiger charge is -2.08. The number of hydrogen-bond donors (Lipinski definition) is 2. The third-order valence-electron chi connectivity index (χ3n) is 2.46. The highest BCUT2D eigenvalue weighted by atomic mass is 35.5. The van der Waals surface area contributed by atoms with Gasteiger partial charge < -0.3 is 11.1 Å². The van der Waals surface area contributed by atoms with E-state index in [4.69, 9.17) is 17.3 Å². The van der Waals surface area contributed by atoms with Crippen LogP contribution in [-0.2, 0) is 0 Å². The Morgan fingerprint density at radius 1 is 1.21 bits per heavy atom. The highest BCUT2D eigenvalue weighted by Crippen LogP contribution is 2.23. The van der Waals surface area contributed by atoms with Crippen LogP contribution in [0.1, 0.15) is 10.4 Å². The van der Waals surface area contributed by atoms with Crippen LogP contribution in [0.15, 0.2) is 36.4 Å². The maximum atomic E-state index is 13.6. The smallest absolute Gasteiger partial charge is 0.255 e. The molecule has 0 aliphatic carbocycles. The Hall–Kier alpha value is -2.14. The van der Waals surface area contributed by atoms with E-state index in [1.54, 1.807) is 0 Å². The largest absolute Gasteiger partial charge is 0.396 e. The fourth-order valence-electron chi connectivity index (χ4n) is 1.48. The van der Waals surface area contributed by atoms with Gasteiger partial charge in [0.2, 0.25) is 0 Å². The van der Waals surface area contributed by atoms with E-state index in [0.29, 0.717) is 0 Å². The van der Waals surface area contributed by atoms with Gasteiger partial charge in [0.25, 0.3) is 5.91 Å². The van der Waals surface area contributed by atoms with Gasteiger partial charge in [-0.05, 0) is 30.3 Å². The van der Waals surface area contributed by atoms with Crippen LogP contribution in [-0.4, -0.2) is 5.91 Å². The molecule has 0 aliphatic rings. The number of nitrogens with one attached hydrogen (secondary N) is 1. The van der Waals surface area contributed by atoms with Gasteiger partial charge in [-0.3, -0.25) is 4.79 Å². The van der Waals surface area contributed by atoms with E-state index in [1.165, 1.54) is 30.3 Å². The number of amides is 1. The van der Waals surface area contributed by atoms with Crippen molar-refractivity contribution in [2.45, 2.75) is 0 Å². The maximum Gasteiger partial charge on any atom is 0.255 e. The molecule has 0 bridgehead atoms. The normalized spacial score (nSPS) is 10.3. The summed E-state index contributed by atoms with van der Waals surface area (Å²) in [5.41, 5.74) is 5.27. The highest BCUT2D eigenvalue weighted by Gasteiger charge is 2.12. The molecule has 0 atom stereocenters. The molecule has 0 spiro atoms. The van der Waals surface area contributed by atoms with Crippen molar-refractivity contribution < 1.29 is 13.6 Å². The minimum atomic E-state index is -0.729. The minimum Gasteiger partial charge on any atom is -0.396 e. The van der Waals surface area contributed by atoms with Gasteiger partial charge in [-0.25, -0.2) is 8.78 Å². The first-order valence-electron chi connectivity index (χ1n) is 5.29. The van der Waals surface area contributed by atoms with Gasteiger partial charge in [0.05, 0.1) is 16.4 Å². The Kier molecular flexibility index (Phi) is 3.66. The molecule has 6 heteroatoms. The number of carbonyl (C=O) groups excluding carboxylic acids is 1. The van der Waals surface area contributed by atoms with Crippen molar-refractivity contribution in [3.63, 3.8) is 0 Å². The maximum absolute atomic E-state index is 13.6. The van der Waals surface area contributed by atoms with Crippen LogP contribution in [0.4, 0.5) is 20.2 Å². The highest BCUT2D eigenvalue weighted by molar-refractivity contribution is 6.31. The van der Waals surface area contributed by atoms with Crippen molar-refractivity contribution in [2.24, 2.45) is 0 Å². The number of anilines is 2. The summed E-state index contributed by atoms with van der Waals surface area (Å²) in [4.78, 5) is 11.8. The molecule has 0 aromatic heterocycles. The van der Waals surface area contributed by atoms with Crippen molar-refractivity contribution in [2.75, 3.05) is 11.1 Å². The molecular weight excluding hydrogens is 274 g/mol. The van der Waals surface area contributed by atoms with Crippen molar-refractivity contribution >= 4 is 28.9 Å². The Bertz CT molecular complexity index is 647. The molecular formula is C13H9ClF2N2O. The van der Waals surface area contributed by atoms with Crippen LogP contribution < -0.4 is 11.1 Å². The average molecular weight is 283 g/mol. The van der Waals surface area contributed by atoms with Gasteiger partial charge in [0.1, 0.15) is 5.82 Å². The molecule has 0 saturated carbocycles. The number of hydrogen-bond acceptors (Lipinski definition) is 2. The van der Waals surface area contributed by atoms with Crippen molar-refractivity contribution in [3.05, 3.63) is 58.6 Å². The Balaban J connectivity index is 2.26. The summed E-state index contributed by atoms with van der Waals surface area (Å²) in [6, 6.07) is 7.73. The topological polar surface area (TPSA) is 55.1 Å². The molecule has 3 N–H and O–H groups in total. The van der Waals surface area contributed by atoms with Crippen LogP contribution in [0.25, 0.3) is 0 Å². The van der Waals surface area contributed by atoms with Crippen molar-refractivity contribution in [1.82, 2.24) is 0 Å². The predicted molar refractivity (Wildman–Crippen MR) is 70.2 cm³/mol. The Morgan fingerprint density at radius 3 is 2.63 bits per heavy atom. The van der Waals surface area contributed by atoms with Crippen LogP contribution in [0.2, 0.25) is 5.02 Å². The zero-order valence-corrected chi connectivity index (χ0v) is 10.3. The summed E-state index contributed by atoms with van der Waals surface area (Å²) in [6.07, 6.45) is 0. The van der Waals surface area contributed by atoms with E-state index in [1.807, 2.05) is 0 Å². The molecule has 2 aromatic carbocycles. The van der Waals surface area contributed by atoms with Gasteiger partial charge in [-0.2, -0.15) is 0 Å². The van der Waals surface area contributed by atoms with Gasteiger partial charge in [-0.15, -0.1) is 0 Å². The Morgan fingerprint density at radius 2 is 1.95 bits per heavy atom. The van der Waals surface area contributed by atoms with Crippen molar-refractivity contribution in [3.8, 4) is 0 Å². The zero-order valence-electron chi connectivity index (χ0n) is 9.58. The van der Waals surface area contributed by atoms with Gasteiger partial charge >= 0.3 is 0 Å². The van der Waals surface area contributed by atoms with E-state index in [2.05, 4.69) is 5.32 Å². The molecule has 0 radical (unpaired) electrons. The molecule has 0 unspecified atom stereocenters.